The molecular weight excluding hydrogens is 262 g/mol. The summed E-state index contributed by atoms with van der Waals surface area (Å²) in [6.45, 7) is 9.39. The van der Waals surface area contributed by atoms with E-state index in [0.29, 0.717) is 18.1 Å². The normalized spacial score (nSPS) is 27.9. The minimum Gasteiger partial charge on any atom is -0.377 e. The Labute approximate surface area is 131 Å². The second kappa shape index (κ2) is 8.50. The first kappa shape index (κ1) is 17.2. The third kappa shape index (κ3) is 4.43. The zero-order valence-corrected chi connectivity index (χ0v) is 14.3. The Morgan fingerprint density at radius 3 is 2.62 bits per heavy atom. The fourth-order valence-corrected chi connectivity index (χ4v) is 4.44. The van der Waals surface area contributed by atoms with E-state index >= 15 is 0 Å². The van der Waals surface area contributed by atoms with Crippen LogP contribution in [0.15, 0.2) is 0 Å². The largest absolute Gasteiger partial charge is 0.377 e. The van der Waals surface area contributed by atoms with Crippen LogP contribution in [-0.4, -0.2) is 37.5 Å². The molecule has 1 heterocycles. The van der Waals surface area contributed by atoms with E-state index in [0.717, 1.165) is 26.2 Å². The van der Waals surface area contributed by atoms with Gasteiger partial charge in [-0.2, -0.15) is 0 Å². The SMILES string of the molecule is CCCC(OCC)C(NCC)C1CCOC2(CCCC2)C1. The quantitative estimate of drug-likeness (QED) is 0.737. The molecule has 0 aromatic heterocycles. The van der Waals surface area contributed by atoms with Crippen molar-refractivity contribution >= 4 is 0 Å². The van der Waals surface area contributed by atoms with E-state index in [1.54, 1.807) is 0 Å². The molecule has 2 rings (SSSR count). The van der Waals surface area contributed by atoms with Crippen molar-refractivity contribution in [3.8, 4) is 0 Å². The Morgan fingerprint density at radius 1 is 1.24 bits per heavy atom. The van der Waals surface area contributed by atoms with Gasteiger partial charge in [0.2, 0.25) is 0 Å². The molecule has 1 aliphatic heterocycles. The topological polar surface area (TPSA) is 30.5 Å². The van der Waals surface area contributed by atoms with Crippen LogP contribution in [0.1, 0.15) is 72.1 Å². The molecule has 3 atom stereocenters. The summed E-state index contributed by atoms with van der Waals surface area (Å²) in [5, 5.41) is 3.75. The van der Waals surface area contributed by atoms with Crippen LogP contribution in [0.4, 0.5) is 0 Å². The van der Waals surface area contributed by atoms with E-state index in [1.807, 2.05) is 0 Å². The molecule has 124 valence electrons. The van der Waals surface area contributed by atoms with Gasteiger partial charge in [-0.05, 0) is 51.5 Å². The first-order chi connectivity index (χ1) is 10.2. The van der Waals surface area contributed by atoms with Crippen LogP contribution >= 0.6 is 0 Å². The number of nitrogens with one attached hydrogen (secondary N) is 1. The van der Waals surface area contributed by atoms with Crippen LogP contribution < -0.4 is 5.32 Å². The first-order valence-electron chi connectivity index (χ1n) is 9.23. The molecule has 1 spiro atoms. The summed E-state index contributed by atoms with van der Waals surface area (Å²) in [6.07, 6.45) is 10.4. The minimum atomic E-state index is 0.208. The Morgan fingerprint density at radius 2 is 2.00 bits per heavy atom. The van der Waals surface area contributed by atoms with Gasteiger partial charge in [0.1, 0.15) is 0 Å². The fraction of sp³-hybridized carbons (Fsp3) is 1.00. The summed E-state index contributed by atoms with van der Waals surface area (Å²) in [5.74, 6) is 0.708. The van der Waals surface area contributed by atoms with Gasteiger partial charge in [-0.25, -0.2) is 0 Å². The van der Waals surface area contributed by atoms with E-state index in [9.17, 15) is 0 Å². The van der Waals surface area contributed by atoms with Crippen molar-refractivity contribution in [2.45, 2.75) is 89.9 Å². The van der Waals surface area contributed by atoms with Crippen molar-refractivity contribution in [1.82, 2.24) is 5.32 Å². The fourth-order valence-electron chi connectivity index (χ4n) is 4.44. The van der Waals surface area contributed by atoms with E-state index in [2.05, 4.69) is 26.1 Å². The molecule has 2 fully saturated rings. The molecule has 3 unspecified atom stereocenters. The molecular formula is C18H35NO2. The lowest BCUT2D eigenvalue weighted by atomic mass is 9.78. The van der Waals surface area contributed by atoms with Crippen LogP contribution in [0.5, 0.6) is 0 Å². The molecule has 0 aromatic rings. The van der Waals surface area contributed by atoms with Crippen LogP contribution in [0.3, 0.4) is 0 Å². The predicted octanol–water partition coefficient (Wildman–Crippen LogP) is 3.91. The maximum absolute atomic E-state index is 6.22. The average Bonchev–Trinajstić information content (AvgIpc) is 2.92. The molecule has 1 aliphatic carbocycles. The van der Waals surface area contributed by atoms with Crippen LogP contribution in [-0.2, 0) is 9.47 Å². The molecule has 0 aromatic carbocycles. The van der Waals surface area contributed by atoms with Crippen molar-refractivity contribution in [1.29, 1.82) is 0 Å². The summed E-state index contributed by atoms with van der Waals surface area (Å²) in [6, 6.07) is 0.497. The highest BCUT2D eigenvalue weighted by molar-refractivity contribution is 4.96. The predicted molar refractivity (Wildman–Crippen MR) is 87.7 cm³/mol. The summed E-state index contributed by atoms with van der Waals surface area (Å²) in [7, 11) is 0. The van der Waals surface area contributed by atoms with Crippen LogP contribution in [0, 0.1) is 5.92 Å². The smallest absolute Gasteiger partial charge is 0.0730 e. The number of ether oxygens (including phenoxy) is 2. The molecule has 3 nitrogen and oxygen atoms in total. The third-order valence-electron chi connectivity index (χ3n) is 5.35. The third-order valence-corrected chi connectivity index (χ3v) is 5.35. The number of hydrogen-bond donors (Lipinski definition) is 1. The van der Waals surface area contributed by atoms with Gasteiger partial charge in [-0.3, -0.25) is 0 Å². The monoisotopic (exact) mass is 297 g/mol. The highest BCUT2D eigenvalue weighted by Gasteiger charge is 2.43. The lowest BCUT2D eigenvalue weighted by molar-refractivity contribution is -0.109. The van der Waals surface area contributed by atoms with Crippen molar-refractivity contribution in [2.75, 3.05) is 19.8 Å². The lowest BCUT2D eigenvalue weighted by Crippen LogP contribution is -2.51. The Bertz CT molecular complexity index is 283. The zero-order valence-electron chi connectivity index (χ0n) is 14.3. The molecule has 1 saturated heterocycles. The second-order valence-electron chi connectivity index (χ2n) is 6.86. The maximum Gasteiger partial charge on any atom is 0.0730 e. The number of likely N-dealkylation sites (N-methyl/N-ethyl adjacent to an activating group) is 1. The maximum atomic E-state index is 6.22. The first-order valence-corrected chi connectivity index (χ1v) is 9.23. The van der Waals surface area contributed by atoms with Gasteiger partial charge in [-0.1, -0.05) is 33.1 Å². The van der Waals surface area contributed by atoms with E-state index in [-0.39, 0.29) is 5.60 Å². The van der Waals surface area contributed by atoms with Crippen molar-refractivity contribution in [2.24, 2.45) is 5.92 Å². The standard InChI is InChI=1S/C18H35NO2/c1-4-9-16(20-6-3)17(19-5-2)15-10-13-21-18(14-15)11-7-8-12-18/h15-17,19H,4-14H2,1-3H3. The van der Waals surface area contributed by atoms with E-state index in [4.69, 9.17) is 9.47 Å². The van der Waals surface area contributed by atoms with Crippen molar-refractivity contribution in [3.63, 3.8) is 0 Å². The van der Waals surface area contributed by atoms with Gasteiger partial charge >= 0.3 is 0 Å². The van der Waals surface area contributed by atoms with E-state index in [1.165, 1.54) is 44.9 Å². The minimum absolute atomic E-state index is 0.208. The average molecular weight is 297 g/mol. The van der Waals surface area contributed by atoms with Gasteiger partial charge in [0.25, 0.3) is 0 Å². The molecule has 1 saturated carbocycles. The summed E-state index contributed by atoms with van der Waals surface area (Å²) < 4.78 is 12.3. The molecule has 2 aliphatic rings. The van der Waals surface area contributed by atoms with Crippen LogP contribution in [0.2, 0.25) is 0 Å². The van der Waals surface area contributed by atoms with Crippen molar-refractivity contribution < 1.29 is 9.47 Å². The summed E-state index contributed by atoms with van der Waals surface area (Å²) in [5.41, 5.74) is 0.208. The number of hydrogen-bond acceptors (Lipinski definition) is 3. The van der Waals surface area contributed by atoms with Gasteiger partial charge < -0.3 is 14.8 Å². The molecule has 21 heavy (non-hydrogen) atoms. The van der Waals surface area contributed by atoms with Crippen LogP contribution in [0.25, 0.3) is 0 Å². The van der Waals surface area contributed by atoms with Gasteiger partial charge in [0, 0.05) is 19.3 Å². The molecule has 0 amide bonds. The Balaban J connectivity index is 2.04. The second-order valence-corrected chi connectivity index (χ2v) is 6.86. The summed E-state index contributed by atoms with van der Waals surface area (Å²) in [4.78, 5) is 0. The van der Waals surface area contributed by atoms with E-state index < -0.39 is 0 Å². The zero-order chi connectivity index (χ0) is 15.1. The highest BCUT2D eigenvalue weighted by atomic mass is 16.5. The van der Waals surface area contributed by atoms with Crippen molar-refractivity contribution in [3.05, 3.63) is 0 Å². The Hall–Kier alpha value is -0.120. The Kier molecular flexibility index (Phi) is 6.97. The molecule has 0 radical (unpaired) electrons. The summed E-state index contributed by atoms with van der Waals surface area (Å²) >= 11 is 0. The van der Waals surface area contributed by atoms with Gasteiger partial charge in [0.15, 0.2) is 0 Å². The van der Waals surface area contributed by atoms with Gasteiger partial charge in [-0.15, -0.1) is 0 Å². The molecule has 3 heteroatoms. The molecule has 0 bridgehead atoms. The lowest BCUT2D eigenvalue weighted by Gasteiger charge is -2.43. The molecule has 1 N–H and O–H groups in total. The highest BCUT2D eigenvalue weighted by Crippen LogP contribution is 2.43. The number of rotatable bonds is 8. The van der Waals surface area contributed by atoms with Gasteiger partial charge in [0.05, 0.1) is 11.7 Å².